The maximum atomic E-state index is 7.29. The number of hydrogen-bond donors (Lipinski definition) is 1. The first-order chi connectivity index (χ1) is 10.2. The molecular weight excluding hydrogens is 332 g/mol. The number of benzene rings is 1. The molecule has 0 aliphatic rings. The standard InChI is InChI=1S/C14H9BrN6/c1-17-13-11(9-3-5-10(15)6-4-9)12(16)21(20-13)14-18-7-2-8-19-14/h2-8H,16H2. The summed E-state index contributed by atoms with van der Waals surface area (Å²) in [6.45, 7) is 7.29. The highest BCUT2D eigenvalue weighted by atomic mass is 79.9. The number of hydrogen-bond acceptors (Lipinski definition) is 4. The van der Waals surface area contributed by atoms with E-state index in [1.54, 1.807) is 18.5 Å². The molecule has 0 spiro atoms. The van der Waals surface area contributed by atoms with Gasteiger partial charge in [-0.1, -0.05) is 34.6 Å². The van der Waals surface area contributed by atoms with Gasteiger partial charge in [0, 0.05) is 16.9 Å². The summed E-state index contributed by atoms with van der Waals surface area (Å²) in [7, 11) is 0. The van der Waals surface area contributed by atoms with Gasteiger partial charge in [0.25, 0.3) is 5.95 Å². The lowest BCUT2D eigenvalue weighted by Crippen LogP contribution is -2.06. The Labute approximate surface area is 129 Å². The van der Waals surface area contributed by atoms with Crippen molar-refractivity contribution in [1.29, 1.82) is 0 Å². The predicted octanol–water partition coefficient (Wildman–Crippen LogP) is 3.22. The highest BCUT2D eigenvalue weighted by Crippen LogP contribution is 2.36. The lowest BCUT2D eigenvalue weighted by molar-refractivity contribution is 0.823. The highest BCUT2D eigenvalue weighted by molar-refractivity contribution is 9.10. The van der Waals surface area contributed by atoms with E-state index in [-0.39, 0.29) is 5.82 Å². The quantitative estimate of drug-likeness (QED) is 0.727. The van der Waals surface area contributed by atoms with Crippen LogP contribution in [0.2, 0.25) is 0 Å². The molecule has 0 amide bonds. The Morgan fingerprint density at radius 1 is 1.14 bits per heavy atom. The fourth-order valence-electron chi connectivity index (χ4n) is 1.94. The van der Waals surface area contributed by atoms with Crippen molar-refractivity contribution in [2.45, 2.75) is 0 Å². The summed E-state index contributed by atoms with van der Waals surface area (Å²) >= 11 is 3.38. The third kappa shape index (κ3) is 2.37. The fraction of sp³-hybridized carbons (Fsp3) is 0. The third-order valence-electron chi connectivity index (χ3n) is 2.88. The van der Waals surface area contributed by atoms with Gasteiger partial charge in [0.2, 0.25) is 0 Å². The molecule has 0 saturated heterocycles. The first kappa shape index (κ1) is 13.3. The zero-order chi connectivity index (χ0) is 14.8. The van der Waals surface area contributed by atoms with Crippen LogP contribution in [-0.4, -0.2) is 19.7 Å². The van der Waals surface area contributed by atoms with Gasteiger partial charge < -0.3 is 10.6 Å². The van der Waals surface area contributed by atoms with Crippen LogP contribution in [-0.2, 0) is 0 Å². The van der Waals surface area contributed by atoms with Crippen molar-refractivity contribution in [3.8, 4) is 17.1 Å². The van der Waals surface area contributed by atoms with Gasteiger partial charge in [0.15, 0.2) is 0 Å². The van der Waals surface area contributed by atoms with Gasteiger partial charge in [-0.25, -0.2) is 9.97 Å². The number of nitrogens with zero attached hydrogens (tertiary/aromatic N) is 5. The SMILES string of the molecule is [C-]#[N+]c1nn(-c2ncccn2)c(N)c1-c1ccc(Br)cc1. The Morgan fingerprint density at radius 3 is 2.43 bits per heavy atom. The molecule has 0 atom stereocenters. The second-order valence-corrected chi connectivity index (χ2v) is 5.08. The molecule has 102 valence electrons. The molecule has 3 rings (SSSR count). The molecule has 2 aromatic heterocycles. The molecule has 0 aliphatic heterocycles. The fourth-order valence-corrected chi connectivity index (χ4v) is 2.21. The van der Waals surface area contributed by atoms with Gasteiger partial charge >= 0.3 is 5.82 Å². The smallest absolute Gasteiger partial charge is 0.306 e. The Balaban J connectivity index is 2.20. The first-order valence-corrected chi connectivity index (χ1v) is 6.79. The van der Waals surface area contributed by atoms with Crippen molar-refractivity contribution in [3.63, 3.8) is 0 Å². The van der Waals surface area contributed by atoms with Gasteiger partial charge in [-0.3, -0.25) is 0 Å². The summed E-state index contributed by atoms with van der Waals surface area (Å²) in [4.78, 5) is 11.7. The minimum atomic E-state index is 0.224. The van der Waals surface area contributed by atoms with E-state index >= 15 is 0 Å². The molecular formula is C14H9BrN6. The van der Waals surface area contributed by atoms with Crippen molar-refractivity contribution in [1.82, 2.24) is 19.7 Å². The summed E-state index contributed by atoms with van der Waals surface area (Å²) in [6, 6.07) is 9.23. The normalized spacial score (nSPS) is 10.3. The second kappa shape index (κ2) is 5.34. The number of nitrogen functional groups attached to an aromatic ring is 1. The number of aromatic nitrogens is 4. The molecule has 0 unspecified atom stereocenters. The average molecular weight is 341 g/mol. The van der Waals surface area contributed by atoms with E-state index in [0.717, 1.165) is 10.0 Å². The maximum Gasteiger partial charge on any atom is 0.306 e. The molecule has 7 heteroatoms. The molecule has 0 fully saturated rings. The second-order valence-electron chi connectivity index (χ2n) is 4.16. The van der Waals surface area contributed by atoms with E-state index < -0.39 is 0 Å². The Bertz CT molecular complexity index is 817. The van der Waals surface area contributed by atoms with Gasteiger partial charge in [-0.2, -0.15) is 0 Å². The molecule has 0 bridgehead atoms. The number of rotatable bonds is 2. The summed E-state index contributed by atoms with van der Waals surface area (Å²) in [6.07, 6.45) is 3.19. The molecule has 2 heterocycles. The van der Waals surface area contributed by atoms with Crippen LogP contribution >= 0.6 is 15.9 Å². The summed E-state index contributed by atoms with van der Waals surface area (Å²) < 4.78 is 2.33. The molecule has 3 aromatic rings. The zero-order valence-electron chi connectivity index (χ0n) is 10.7. The van der Waals surface area contributed by atoms with Crippen LogP contribution in [0, 0.1) is 6.57 Å². The van der Waals surface area contributed by atoms with E-state index in [2.05, 4.69) is 35.8 Å². The number of halogens is 1. The van der Waals surface area contributed by atoms with Crippen LogP contribution in [0.25, 0.3) is 21.9 Å². The van der Waals surface area contributed by atoms with Gasteiger partial charge in [0.1, 0.15) is 5.82 Å². The van der Waals surface area contributed by atoms with Crippen LogP contribution in [0.15, 0.2) is 47.2 Å². The highest BCUT2D eigenvalue weighted by Gasteiger charge is 2.21. The molecule has 0 radical (unpaired) electrons. The van der Waals surface area contributed by atoms with E-state index in [4.69, 9.17) is 12.3 Å². The van der Waals surface area contributed by atoms with Crippen molar-refractivity contribution in [2.75, 3.05) is 5.73 Å². The predicted molar refractivity (Wildman–Crippen MR) is 83.0 cm³/mol. The number of anilines is 1. The summed E-state index contributed by atoms with van der Waals surface area (Å²) in [5.41, 5.74) is 7.56. The molecule has 0 aliphatic carbocycles. The van der Waals surface area contributed by atoms with Crippen LogP contribution in [0.5, 0.6) is 0 Å². The van der Waals surface area contributed by atoms with E-state index in [1.807, 2.05) is 24.3 Å². The van der Waals surface area contributed by atoms with Gasteiger partial charge in [-0.15, -0.1) is 4.68 Å². The molecule has 0 saturated carbocycles. The maximum absolute atomic E-state index is 7.29. The lowest BCUT2D eigenvalue weighted by Gasteiger charge is -2.02. The molecule has 21 heavy (non-hydrogen) atoms. The van der Waals surface area contributed by atoms with Crippen molar-refractivity contribution in [2.24, 2.45) is 0 Å². The van der Waals surface area contributed by atoms with Crippen LogP contribution in [0.4, 0.5) is 11.6 Å². The first-order valence-electron chi connectivity index (χ1n) is 6.00. The Hall–Kier alpha value is -2.72. The average Bonchev–Trinajstić information content (AvgIpc) is 2.86. The monoisotopic (exact) mass is 340 g/mol. The minimum Gasteiger partial charge on any atom is -0.382 e. The topological polar surface area (TPSA) is 74.0 Å². The van der Waals surface area contributed by atoms with Crippen molar-refractivity contribution < 1.29 is 0 Å². The Kier molecular flexibility index (Phi) is 3.38. The lowest BCUT2D eigenvalue weighted by atomic mass is 10.1. The van der Waals surface area contributed by atoms with Crippen molar-refractivity contribution >= 4 is 27.6 Å². The van der Waals surface area contributed by atoms with E-state index in [9.17, 15) is 0 Å². The van der Waals surface area contributed by atoms with Crippen LogP contribution in [0.3, 0.4) is 0 Å². The zero-order valence-corrected chi connectivity index (χ0v) is 12.3. The Morgan fingerprint density at radius 2 is 1.81 bits per heavy atom. The minimum absolute atomic E-state index is 0.224. The molecule has 1 aromatic carbocycles. The van der Waals surface area contributed by atoms with E-state index in [0.29, 0.717) is 17.3 Å². The summed E-state index contributed by atoms with van der Waals surface area (Å²) in [5.74, 6) is 0.903. The largest absolute Gasteiger partial charge is 0.382 e. The third-order valence-corrected chi connectivity index (χ3v) is 3.41. The molecule has 2 N–H and O–H groups in total. The van der Waals surface area contributed by atoms with Crippen LogP contribution in [0.1, 0.15) is 0 Å². The molecule has 6 nitrogen and oxygen atoms in total. The van der Waals surface area contributed by atoms with Gasteiger partial charge in [0.05, 0.1) is 5.56 Å². The van der Waals surface area contributed by atoms with Gasteiger partial charge in [-0.05, 0) is 28.9 Å². The van der Waals surface area contributed by atoms with E-state index in [1.165, 1.54) is 4.68 Å². The number of nitrogens with two attached hydrogens (primary N) is 1. The van der Waals surface area contributed by atoms with Crippen molar-refractivity contribution in [3.05, 3.63) is 58.6 Å². The summed E-state index contributed by atoms with van der Waals surface area (Å²) in [5, 5.41) is 4.20. The van der Waals surface area contributed by atoms with Crippen LogP contribution < -0.4 is 5.73 Å².